The fourth-order valence-corrected chi connectivity index (χ4v) is 2.51. The molecule has 1 saturated carbocycles. The van der Waals surface area contributed by atoms with Gasteiger partial charge in [-0.15, -0.1) is 0 Å². The zero-order chi connectivity index (χ0) is 11.8. The molecule has 0 amide bonds. The molecule has 0 aromatic heterocycles. The maximum Gasteiger partial charge on any atom is 0.240 e. The lowest BCUT2D eigenvalue weighted by Crippen LogP contribution is -2.18. The standard InChI is InChI=1S/C11H15NO3S/c1-12-16(13,14)10-5-3-9(4-6-10)11(15-2)7-8-11/h3-6,12H,7-8H2,1-2H3. The van der Waals surface area contributed by atoms with Crippen molar-refractivity contribution in [2.75, 3.05) is 14.2 Å². The average Bonchev–Trinajstić information content (AvgIpc) is 3.10. The Morgan fingerprint density at radius 1 is 1.25 bits per heavy atom. The van der Waals surface area contributed by atoms with E-state index in [0.29, 0.717) is 0 Å². The van der Waals surface area contributed by atoms with E-state index in [-0.39, 0.29) is 10.5 Å². The summed E-state index contributed by atoms with van der Waals surface area (Å²) in [6.07, 6.45) is 2.00. The lowest BCUT2D eigenvalue weighted by Gasteiger charge is -2.13. The maximum atomic E-state index is 11.5. The molecular formula is C11H15NO3S. The second kappa shape index (κ2) is 3.84. The molecule has 0 heterocycles. The van der Waals surface area contributed by atoms with Gasteiger partial charge in [0.1, 0.15) is 0 Å². The SMILES string of the molecule is CNS(=O)(=O)c1ccc(C2(OC)CC2)cc1. The van der Waals surface area contributed by atoms with Crippen molar-refractivity contribution >= 4 is 10.0 Å². The number of hydrogen-bond donors (Lipinski definition) is 1. The summed E-state index contributed by atoms with van der Waals surface area (Å²) >= 11 is 0. The molecule has 0 spiro atoms. The zero-order valence-corrected chi connectivity index (χ0v) is 10.2. The summed E-state index contributed by atoms with van der Waals surface area (Å²) in [6, 6.07) is 6.86. The van der Waals surface area contributed by atoms with Crippen LogP contribution in [0.25, 0.3) is 0 Å². The van der Waals surface area contributed by atoms with Crippen LogP contribution in [0.1, 0.15) is 18.4 Å². The van der Waals surface area contributed by atoms with Gasteiger partial charge in [-0.3, -0.25) is 0 Å². The first kappa shape index (κ1) is 11.6. The number of nitrogens with one attached hydrogen (secondary N) is 1. The first-order valence-corrected chi connectivity index (χ1v) is 6.62. The summed E-state index contributed by atoms with van der Waals surface area (Å²) in [5.41, 5.74) is 0.882. The van der Waals surface area contributed by atoms with Gasteiger partial charge in [0.05, 0.1) is 10.5 Å². The highest BCUT2D eigenvalue weighted by atomic mass is 32.2. The highest BCUT2D eigenvalue weighted by molar-refractivity contribution is 7.89. The minimum atomic E-state index is -3.34. The van der Waals surface area contributed by atoms with Crippen LogP contribution >= 0.6 is 0 Å². The molecule has 1 N–H and O–H groups in total. The molecule has 0 aliphatic heterocycles. The molecule has 1 aliphatic rings. The van der Waals surface area contributed by atoms with E-state index in [1.807, 2.05) is 12.1 Å². The van der Waals surface area contributed by atoms with Crippen LogP contribution < -0.4 is 4.72 Å². The molecule has 1 aliphatic carbocycles. The van der Waals surface area contributed by atoms with Gasteiger partial charge in [-0.25, -0.2) is 13.1 Å². The van der Waals surface area contributed by atoms with Gasteiger partial charge in [0.15, 0.2) is 0 Å². The van der Waals surface area contributed by atoms with E-state index in [9.17, 15) is 8.42 Å². The van der Waals surface area contributed by atoms with E-state index in [1.165, 1.54) is 7.05 Å². The first-order valence-electron chi connectivity index (χ1n) is 5.13. The Morgan fingerprint density at radius 3 is 2.19 bits per heavy atom. The lowest BCUT2D eigenvalue weighted by atomic mass is 10.1. The summed E-state index contributed by atoms with van der Waals surface area (Å²) in [6.45, 7) is 0. The average molecular weight is 241 g/mol. The third-order valence-electron chi connectivity index (χ3n) is 3.05. The number of benzene rings is 1. The van der Waals surface area contributed by atoms with Gasteiger partial charge in [-0.2, -0.15) is 0 Å². The second-order valence-electron chi connectivity index (χ2n) is 3.93. The Labute approximate surface area is 95.7 Å². The molecule has 1 aromatic carbocycles. The molecule has 4 nitrogen and oxygen atoms in total. The number of sulfonamides is 1. The number of ether oxygens (including phenoxy) is 1. The van der Waals surface area contributed by atoms with E-state index in [2.05, 4.69) is 4.72 Å². The van der Waals surface area contributed by atoms with E-state index < -0.39 is 10.0 Å². The van der Waals surface area contributed by atoms with Gasteiger partial charge in [-0.1, -0.05) is 12.1 Å². The van der Waals surface area contributed by atoms with Crippen LogP contribution in [0.4, 0.5) is 0 Å². The molecular weight excluding hydrogens is 226 g/mol. The largest absolute Gasteiger partial charge is 0.374 e. The summed E-state index contributed by atoms with van der Waals surface area (Å²) in [5.74, 6) is 0. The van der Waals surface area contributed by atoms with Crippen LogP contribution in [0.3, 0.4) is 0 Å². The summed E-state index contributed by atoms with van der Waals surface area (Å²) in [5, 5.41) is 0. The van der Waals surface area contributed by atoms with Crippen LogP contribution in [0.2, 0.25) is 0 Å². The van der Waals surface area contributed by atoms with Crippen molar-refractivity contribution in [2.24, 2.45) is 0 Å². The van der Waals surface area contributed by atoms with E-state index in [4.69, 9.17) is 4.74 Å². The number of hydrogen-bond acceptors (Lipinski definition) is 3. The molecule has 1 fully saturated rings. The van der Waals surface area contributed by atoms with Gasteiger partial charge in [0, 0.05) is 7.11 Å². The lowest BCUT2D eigenvalue weighted by molar-refractivity contribution is 0.0789. The molecule has 0 bridgehead atoms. The summed E-state index contributed by atoms with van der Waals surface area (Å²) in [4.78, 5) is 0.283. The topological polar surface area (TPSA) is 55.4 Å². The molecule has 16 heavy (non-hydrogen) atoms. The molecule has 0 atom stereocenters. The fourth-order valence-electron chi connectivity index (χ4n) is 1.78. The quantitative estimate of drug-likeness (QED) is 0.862. The van der Waals surface area contributed by atoms with E-state index in [1.54, 1.807) is 19.2 Å². The predicted molar refractivity (Wildman–Crippen MR) is 60.6 cm³/mol. The molecule has 88 valence electrons. The second-order valence-corrected chi connectivity index (χ2v) is 5.82. The van der Waals surface area contributed by atoms with Gasteiger partial charge < -0.3 is 4.74 Å². The summed E-state index contributed by atoms with van der Waals surface area (Å²) < 4.78 is 30.7. The van der Waals surface area contributed by atoms with Gasteiger partial charge >= 0.3 is 0 Å². The Kier molecular flexibility index (Phi) is 2.77. The smallest absolute Gasteiger partial charge is 0.240 e. The van der Waals surface area contributed by atoms with Crippen molar-refractivity contribution in [2.45, 2.75) is 23.3 Å². The van der Waals surface area contributed by atoms with Crippen molar-refractivity contribution in [1.29, 1.82) is 0 Å². The third-order valence-corrected chi connectivity index (χ3v) is 4.48. The normalized spacial score (nSPS) is 18.4. The Balaban J connectivity index is 2.31. The third kappa shape index (κ3) is 1.86. The van der Waals surface area contributed by atoms with Gasteiger partial charge in [-0.05, 0) is 37.6 Å². The van der Waals surface area contributed by atoms with Crippen molar-refractivity contribution in [3.8, 4) is 0 Å². The Hall–Kier alpha value is -0.910. The van der Waals surface area contributed by atoms with Crippen molar-refractivity contribution in [3.63, 3.8) is 0 Å². The zero-order valence-electron chi connectivity index (χ0n) is 9.36. The molecule has 0 saturated heterocycles. The highest BCUT2D eigenvalue weighted by Gasteiger charge is 2.44. The molecule has 0 unspecified atom stereocenters. The minimum absolute atomic E-state index is 0.165. The number of rotatable bonds is 4. The minimum Gasteiger partial charge on any atom is -0.374 e. The van der Waals surface area contributed by atoms with E-state index in [0.717, 1.165) is 18.4 Å². The monoisotopic (exact) mass is 241 g/mol. The van der Waals surface area contributed by atoms with Crippen molar-refractivity contribution < 1.29 is 13.2 Å². The maximum absolute atomic E-state index is 11.5. The van der Waals surface area contributed by atoms with Crippen molar-refractivity contribution in [3.05, 3.63) is 29.8 Å². The van der Waals surface area contributed by atoms with E-state index >= 15 is 0 Å². The van der Waals surface area contributed by atoms with Crippen molar-refractivity contribution in [1.82, 2.24) is 4.72 Å². The summed E-state index contributed by atoms with van der Waals surface area (Å²) in [7, 11) is -0.248. The Morgan fingerprint density at radius 2 is 1.81 bits per heavy atom. The fraction of sp³-hybridized carbons (Fsp3) is 0.455. The van der Waals surface area contributed by atoms with Gasteiger partial charge in [0.25, 0.3) is 0 Å². The van der Waals surface area contributed by atoms with Crippen LogP contribution in [0, 0.1) is 0 Å². The Bertz CT molecular complexity index is 474. The molecule has 5 heteroatoms. The highest BCUT2D eigenvalue weighted by Crippen LogP contribution is 2.48. The first-order chi connectivity index (χ1) is 7.54. The molecule has 0 radical (unpaired) electrons. The number of methoxy groups -OCH3 is 1. The van der Waals surface area contributed by atoms with Gasteiger partial charge in [0.2, 0.25) is 10.0 Å². The predicted octanol–water partition coefficient (Wildman–Crippen LogP) is 1.23. The van der Waals surface area contributed by atoms with Crippen LogP contribution in [0.15, 0.2) is 29.2 Å². The molecule has 2 rings (SSSR count). The van der Waals surface area contributed by atoms with Crippen LogP contribution in [-0.2, 0) is 20.4 Å². The molecule has 1 aromatic rings. The van der Waals surface area contributed by atoms with Crippen LogP contribution in [-0.4, -0.2) is 22.6 Å². The van der Waals surface area contributed by atoms with Crippen LogP contribution in [0.5, 0.6) is 0 Å².